The standard InChI is InChI=1S/C11H20ClNO/c1-2-10-8-11(14)13(9-10)7-5-3-4-6-12/h10H,2-9H2,1H3. The summed E-state index contributed by atoms with van der Waals surface area (Å²) in [7, 11) is 0. The Bertz CT molecular complexity index is 184. The Morgan fingerprint density at radius 1 is 1.43 bits per heavy atom. The van der Waals surface area contributed by atoms with Crippen molar-refractivity contribution in [1.82, 2.24) is 4.90 Å². The second kappa shape index (κ2) is 6.28. The average molecular weight is 218 g/mol. The summed E-state index contributed by atoms with van der Waals surface area (Å²) in [6.45, 7) is 4.08. The van der Waals surface area contributed by atoms with E-state index in [0.29, 0.717) is 11.8 Å². The van der Waals surface area contributed by atoms with E-state index in [1.165, 1.54) is 0 Å². The maximum Gasteiger partial charge on any atom is 0.222 e. The number of nitrogens with zero attached hydrogens (tertiary/aromatic N) is 1. The molecule has 1 rings (SSSR count). The Hall–Kier alpha value is -0.240. The predicted molar refractivity (Wildman–Crippen MR) is 59.5 cm³/mol. The molecule has 1 heterocycles. The highest BCUT2D eigenvalue weighted by molar-refractivity contribution is 6.17. The van der Waals surface area contributed by atoms with Crippen LogP contribution in [0.2, 0.25) is 0 Å². The van der Waals surface area contributed by atoms with Gasteiger partial charge in [-0.1, -0.05) is 19.8 Å². The van der Waals surface area contributed by atoms with Gasteiger partial charge < -0.3 is 4.90 Å². The molecule has 0 radical (unpaired) electrons. The van der Waals surface area contributed by atoms with E-state index in [4.69, 9.17) is 11.6 Å². The van der Waals surface area contributed by atoms with Gasteiger partial charge in [0.15, 0.2) is 0 Å². The molecule has 0 N–H and O–H groups in total. The van der Waals surface area contributed by atoms with Gasteiger partial charge in [0.1, 0.15) is 0 Å². The van der Waals surface area contributed by atoms with Crippen molar-refractivity contribution in [3.8, 4) is 0 Å². The third-order valence-electron chi connectivity index (χ3n) is 2.93. The summed E-state index contributed by atoms with van der Waals surface area (Å²) in [4.78, 5) is 13.5. The lowest BCUT2D eigenvalue weighted by Gasteiger charge is -2.15. The van der Waals surface area contributed by atoms with E-state index in [0.717, 1.165) is 51.1 Å². The molecular weight excluding hydrogens is 198 g/mol. The van der Waals surface area contributed by atoms with E-state index in [1.807, 2.05) is 4.90 Å². The number of carbonyl (C=O) groups excluding carboxylic acids is 1. The van der Waals surface area contributed by atoms with Gasteiger partial charge in [-0.25, -0.2) is 0 Å². The largest absolute Gasteiger partial charge is 0.342 e. The van der Waals surface area contributed by atoms with Gasteiger partial charge in [-0.15, -0.1) is 11.6 Å². The summed E-state index contributed by atoms with van der Waals surface area (Å²) in [5, 5.41) is 0. The van der Waals surface area contributed by atoms with E-state index in [1.54, 1.807) is 0 Å². The van der Waals surface area contributed by atoms with Crippen LogP contribution in [0.15, 0.2) is 0 Å². The fourth-order valence-electron chi connectivity index (χ4n) is 1.92. The number of hydrogen-bond acceptors (Lipinski definition) is 1. The number of halogens is 1. The van der Waals surface area contributed by atoms with Crippen LogP contribution in [0.1, 0.15) is 39.0 Å². The summed E-state index contributed by atoms with van der Waals surface area (Å²) < 4.78 is 0. The summed E-state index contributed by atoms with van der Waals surface area (Å²) in [5.41, 5.74) is 0. The number of unbranched alkanes of at least 4 members (excludes halogenated alkanes) is 2. The lowest BCUT2D eigenvalue weighted by molar-refractivity contribution is -0.127. The van der Waals surface area contributed by atoms with Crippen LogP contribution >= 0.6 is 11.6 Å². The predicted octanol–water partition coefficient (Wildman–Crippen LogP) is 2.65. The first-order valence-corrected chi connectivity index (χ1v) is 6.15. The van der Waals surface area contributed by atoms with Crippen LogP contribution < -0.4 is 0 Å². The van der Waals surface area contributed by atoms with Gasteiger partial charge in [0.05, 0.1) is 0 Å². The lowest BCUT2D eigenvalue weighted by Crippen LogP contribution is -2.26. The van der Waals surface area contributed by atoms with Crippen molar-refractivity contribution in [1.29, 1.82) is 0 Å². The number of hydrogen-bond donors (Lipinski definition) is 0. The first-order chi connectivity index (χ1) is 6.77. The maximum absolute atomic E-state index is 11.5. The third kappa shape index (κ3) is 3.49. The molecule has 82 valence electrons. The number of rotatable bonds is 6. The second-order valence-electron chi connectivity index (χ2n) is 4.07. The van der Waals surface area contributed by atoms with Crippen molar-refractivity contribution in [2.24, 2.45) is 5.92 Å². The Balaban J connectivity index is 2.15. The van der Waals surface area contributed by atoms with Gasteiger partial charge in [-0.05, 0) is 18.8 Å². The molecule has 0 spiro atoms. The Kier molecular flexibility index (Phi) is 5.31. The smallest absolute Gasteiger partial charge is 0.222 e. The molecule has 2 nitrogen and oxygen atoms in total. The number of amides is 1. The molecule has 1 aliphatic heterocycles. The quantitative estimate of drug-likeness (QED) is 0.495. The molecule has 3 heteroatoms. The van der Waals surface area contributed by atoms with Crippen LogP contribution in [0.5, 0.6) is 0 Å². The summed E-state index contributed by atoms with van der Waals surface area (Å²) in [5.74, 6) is 1.70. The number of likely N-dealkylation sites (tertiary alicyclic amines) is 1. The highest BCUT2D eigenvalue weighted by Crippen LogP contribution is 2.20. The number of carbonyl (C=O) groups is 1. The SMILES string of the molecule is CCC1CC(=O)N(CCCCCCl)C1. The summed E-state index contributed by atoms with van der Waals surface area (Å²) >= 11 is 5.59. The number of alkyl halides is 1. The van der Waals surface area contributed by atoms with Crippen molar-refractivity contribution in [2.45, 2.75) is 39.0 Å². The summed E-state index contributed by atoms with van der Waals surface area (Å²) in [6, 6.07) is 0. The maximum atomic E-state index is 11.5. The molecule has 0 aromatic rings. The van der Waals surface area contributed by atoms with E-state index in [2.05, 4.69) is 6.92 Å². The lowest BCUT2D eigenvalue weighted by atomic mass is 10.1. The molecule has 0 aromatic heterocycles. The zero-order chi connectivity index (χ0) is 10.4. The molecule has 0 aromatic carbocycles. The molecule has 14 heavy (non-hydrogen) atoms. The van der Waals surface area contributed by atoms with E-state index >= 15 is 0 Å². The monoisotopic (exact) mass is 217 g/mol. The Labute approximate surface area is 91.6 Å². The van der Waals surface area contributed by atoms with Gasteiger partial charge in [0, 0.05) is 25.4 Å². The first-order valence-electron chi connectivity index (χ1n) is 5.61. The van der Waals surface area contributed by atoms with Crippen molar-refractivity contribution in [2.75, 3.05) is 19.0 Å². The molecule has 1 amide bonds. The third-order valence-corrected chi connectivity index (χ3v) is 3.20. The Morgan fingerprint density at radius 3 is 2.79 bits per heavy atom. The van der Waals surface area contributed by atoms with E-state index in [-0.39, 0.29) is 0 Å². The zero-order valence-corrected chi connectivity index (χ0v) is 9.72. The van der Waals surface area contributed by atoms with Crippen LogP contribution in [0, 0.1) is 5.92 Å². The minimum atomic E-state index is 0.350. The van der Waals surface area contributed by atoms with Crippen LogP contribution in [-0.4, -0.2) is 29.8 Å². The van der Waals surface area contributed by atoms with Crippen molar-refractivity contribution >= 4 is 17.5 Å². The molecule has 0 bridgehead atoms. The minimum Gasteiger partial charge on any atom is -0.342 e. The normalized spacial score (nSPS) is 22.0. The molecule has 0 aliphatic carbocycles. The molecule has 0 saturated carbocycles. The first kappa shape index (κ1) is 11.8. The zero-order valence-electron chi connectivity index (χ0n) is 8.97. The van der Waals surface area contributed by atoms with Crippen LogP contribution in [0.4, 0.5) is 0 Å². The minimum absolute atomic E-state index is 0.350. The van der Waals surface area contributed by atoms with Crippen molar-refractivity contribution in [3.05, 3.63) is 0 Å². The van der Waals surface area contributed by atoms with Gasteiger partial charge in [-0.3, -0.25) is 4.79 Å². The van der Waals surface area contributed by atoms with E-state index in [9.17, 15) is 4.79 Å². The second-order valence-corrected chi connectivity index (χ2v) is 4.45. The fraction of sp³-hybridized carbons (Fsp3) is 0.909. The Morgan fingerprint density at radius 2 is 2.21 bits per heavy atom. The molecule has 1 fully saturated rings. The highest BCUT2D eigenvalue weighted by Gasteiger charge is 2.27. The van der Waals surface area contributed by atoms with Crippen LogP contribution in [0.25, 0.3) is 0 Å². The fourth-order valence-corrected chi connectivity index (χ4v) is 2.11. The van der Waals surface area contributed by atoms with Crippen LogP contribution in [0.3, 0.4) is 0 Å². The van der Waals surface area contributed by atoms with Crippen LogP contribution in [-0.2, 0) is 4.79 Å². The van der Waals surface area contributed by atoms with Gasteiger partial charge in [0.2, 0.25) is 5.91 Å². The molecule has 1 unspecified atom stereocenters. The topological polar surface area (TPSA) is 20.3 Å². The van der Waals surface area contributed by atoms with Crippen molar-refractivity contribution in [3.63, 3.8) is 0 Å². The van der Waals surface area contributed by atoms with Gasteiger partial charge >= 0.3 is 0 Å². The van der Waals surface area contributed by atoms with Crippen molar-refractivity contribution < 1.29 is 4.79 Å². The molecule has 1 saturated heterocycles. The van der Waals surface area contributed by atoms with E-state index < -0.39 is 0 Å². The van der Waals surface area contributed by atoms with Gasteiger partial charge in [0.25, 0.3) is 0 Å². The molecule has 1 aliphatic rings. The molecular formula is C11H20ClNO. The summed E-state index contributed by atoms with van der Waals surface area (Å²) in [6.07, 6.45) is 5.22. The average Bonchev–Trinajstić information content (AvgIpc) is 2.54. The molecule has 1 atom stereocenters. The van der Waals surface area contributed by atoms with Gasteiger partial charge in [-0.2, -0.15) is 0 Å². The highest BCUT2D eigenvalue weighted by atomic mass is 35.5.